The molecule has 15 heavy (non-hydrogen) atoms. The normalized spacial score (nSPS) is 28.5. The molecule has 2 fully saturated rings. The number of thioether (sulfide) groups is 1. The predicted octanol–water partition coefficient (Wildman–Crippen LogP) is -0.0597. The fourth-order valence-corrected chi connectivity index (χ4v) is 2.78. The van der Waals surface area contributed by atoms with E-state index in [4.69, 9.17) is 4.74 Å². The van der Waals surface area contributed by atoms with Crippen molar-refractivity contribution in [3.05, 3.63) is 0 Å². The lowest BCUT2D eigenvalue weighted by atomic mass is 10.2. The van der Waals surface area contributed by atoms with Crippen molar-refractivity contribution >= 4 is 17.7 Å². The highest BCUT2D eigenvalue weighted by molar-refractivity contribution is 7.99. The SMILES string of the molecule is O=C([C@@H]1CNCCO1)N1CCCSCC1. The van der Waals surface area contributed by atoms with Gasteiger partial charge in [0.15, 0.2) is 0 Å². The van der Waals surface area contributed by atoms with Gasteiger partial charge >= 0.3 is 0 Å². The van der Waals surface area contributed by atoms with E-state index in [1.807, 2.05) is 16.7 Å². The lowest BCUT2D eigenvalue weighted by Gasteiger charge is -2.28. The summed E-state index contributed by atoms with van der Waals surface area (Å²) < 4.78 is 5.47. The molecule has 86 valence electrons. The van der Waals surface area contributed by atoms with Crippen LogP contribution in [0.15, 0.2) is 0 Å². The number of nitrogens with one attached hydrogen (secondary N) is 1. The third-order valence-corrected chi connectivity index (χ3v) is 3.79. The topological polar surface area (TPSA) is 41.6 Å². The Balaban J connectivity index is 1.87. The van der Waals surface area contributed by atoms with Gasteiger partial charge in [0.2, 0.25) is 0 Å². The summed E-state index contributed by atoms with van der Waals surface area (Å²) in [6.45, 7) is 3.95. The van der Waals surface area contributed by atoms with Crippen LogP contribution in [0.25, 0.3) is 0 Å². The first-order valence-electron chi connectivity index (χ1n) is 5.57. The number of carbonyl (C=O) groups is 1. The monoisotopic (exact) mass is 230 g/mol. The Morgan fingerprint density at radius 1 is 1.40 bits per heavy atom. The summed E-state index contributed by atoms with van der Waals surface area (Å²) in [5, 5.41) is 3.19. The molecule has 1 N–H and O–H groups in total. The molecule has 4 nitrogen and oxygen atoms in total. The standard InChI is InChI=1S/C10H18N2O2S/c13-10(9-8-11-2-5-14-9)12-3-1-6-15-7-4-12/h9,11H,1-8H2/t9-/m0/s1. The minimum atomic E-state index is -0.248. The van der Waals surface area contributed by atoms with E-state index in [1.165, 1.54) is 5.75 Å². The first-order valence-corrected chi connectivity index (χ1v) is 6.72. The van der Waals surface area contributed by atoms with Gasteiger partial charge in [-0.2, -0.15) is 11.8 Å². The van der Waals surface area contributed by atoms with Crippen molar-refractivity contribution in [3.8, 4) is 0 Å². The molecule has 5 heteroatoms. The highest BCUT2D eigenvalue weighted by Gasteiger charge is 2.26. The first-order chi connectivity index (χ1) is 7.38. The van der Waals surface area contributed by atoms with Gasteiger partial charge in [0.25, 0.3) is 5.91 Å². The van der Waals surface area contributed by atoms with E-state index in [1.54, 1.807) is 0 Å². The minimum absolute atomic E-state index is 0.171. The summed E-state index contributed by atoms with van der Waals surface area (Å²) in [5.41, 5.74) is 0. The highest BCUT2D eigenvalue weighted by atomic mass is 32.2. The minimum Gasteiger partial charge on any atom is -0.366 e. The van der Waals surface area contributed by atoms with Gasteiger partial charge in [-0.3, -0.25) is 4.79 Å². The molecule has 1 amide bonds. The maximum absolute atomic E-state index is 12.1. The second-order valence-corrected chi connectivity index (χ2v) is 5.08. The number of hydrogen-bond donors (Lipinski definition) is 1. The van der Waals surface area contributed by atoms with Gasteiger partial charge in [-0.1, -0.05) is 0 Å². The summed E-state index contributed by atoms with van der Waals surface area (Å²) in [5.74, 6) is 2.41. The molecule has 0 aromatic carbocycles. The van der Waals surface area contributed by atoms with E-state index < -0.39 is 0 Å². The van der Waals surface area contributed by atoms with Crippen molar-refractivity contribution in [2.75, 3.05) is 44.3 Å². The van der Waals surface area contributed by atoms with Gasteiger partial charge in [-0.05, 0) is 12.2 Å². The average Bonchev–Trinajstić information content (AvgIpc) is 2.58. The zero-order valence-corrected chi connectivity index (χ0v) is 9.72. The van der Waals surface area contributed by atoms with Crippen LogP contribution in [-0.4, -0.2) is 61.2 Å². The molecule has 0 aromatic rings. The summed E-state index contributed by atoms with van der Waals surface area (Å²) in [4.78, 5) is 14.0. The summed E-state index contributed by atoms with van der Waals surface area (Å²) >= 11 is 1.93. The van der Waals surface area contributed by atoms with Crippen LogP contribution in [0.3, 0.4) is 0 Å². The van der Waals surface area contributed by atoms with Crippen molar-refractivity contribution < 1.29 is 9.53 Å². The van der Waals surface area contributed by atoms with Crippen LogP contribution in [0.2, 0.25) is 0 Å². The van der Waals surface area contributed by atoms with Crippen LogP contribution in [0.1, 0.15) is 6.42 Å². The lowest BCUT2D eigenvalue weighted by molar-refractivity contribution is -0.144. The Morgan fingerprint density at radius 3 is 3.13 bits per heavy atom. The summed E-state index contributed by atoms with van der Waals surface area (Å²) in [6.07, 6.45) is 0.859. The molecule has 2 aliphatic rings. The zero-order valence-electron chi connectivity index (χ0n) is 8.91. The molecule has 0 aromatic heterocycles. The Bertz CT molecular complexity index is 211. The second kappa shape index (κ2) is 5.72. The molecule has 2 heterocycles. The van der Waals surface area contributed by atoms with E-state index in [0.29, 0.717) is 13.2 Å². The molecule has 2 saturated heterocycles. The molecule has 0 radical (unpaired) electrons. The Labute approximate surface area is 94.7 Å². The predicted molar refractivity (Wildman–Crippen MR) is 61.1 cm³/mol. The molecule has 2 rings (SSSR count). The number of carbonyl (C=O) groups excluding carboxylic acids is 1. The lowest BCUT2D eigenvalue weighted by Crippen LogP contribution is -2.49. The van der Waals surface area contributed by atoms with Gasteiger partial charge in [0, 0.05) is 31.9 Å². The zero-order chi connectivity index (χ0) is 10.5. The van der Waals surface area contributed by atoms with Gasteiger partial charge in [0.1, 0.15) is 6.10 Å². The van der Waals surface area contributed by atoms with Crippen LogP contribution in [0.5, 0.6) is 0 Å². The van der Waals surface area contributed by atoms with E-state index in [-0.39, 0.29) is 12.0 Å². The smallest absolute Gasteiger partial charge is 0.253 e. The van der Waals surface area contributed by atoms with Gasteiger partial charge in [-0.15, -0.1) is 0 Å². The second-order valence-electron chi connectivity index (χ2n) is 3.85. The van der Waals surface area contributed by atoms with Gasteiger partial charge < -0.3 is 15.0 Å². The fraction of sp³-hybridized carbons (Fsp3) is 0.900. The Kier molecular flexibility index (Phi) is 4.29. The maximum atomic E-state index is 12.1. The van der Waals surface area contributed by atoms with E-state index >= 15 is 0 Å². The van der Waals surface area contributed by atoms with Gasteiger partial charge in [0.05, 0.1) is 6.61 Å². The largest absolute Gasteiger partial charge is 0.366 e. The molecular weight excluding hydrogens is 212 g/mol. The Hall–Kier alpha value is -0.260. The van der Waals surface area contributed by atoms with E-state index in [9.17, 15) is 4.79 Å². The highest BCUT2D eigenvalue weighted by Crippen LogP contribution is 2.12. The van der Waals surface area contributed by atoms with Gasteiger partial charge in [-0.25, -0.2) is 0 Å². The van der Waals surface area contributed by atoms with Crippen molar-refractivity contribution in [3.63, 3.8) is 0 Å². The summed E-state index contributed by atoms with van der Waals surface area (Å²) in [7, 11) is 0. The first kappa shape index (κ1) is 11.2. The number of ether oxygens (including phenoxy) is 1. The molecular formula is C10H18N2O2S. The Morgan fingerprint density at radius 2 is 2.33 bits per heavy atom. The van der Waals surface area contributed by atoms with Crippen LogP contribution in [0.4, 0.5) is 0 Å². The molecule has 0 unspecified atom stereocenters. The number of nitrogens with zero attached hydrogens (tertiary/aromatic N) is 1. The van der Waals surface area contributed by atoms with Crippen molar-refractivity contribution in [1.29, 1.82) is 0 Å². The van der Waals surface area contributed by atoms with Crippen LogP contribution in [0, 0.1) is 0 Å². The quantitative estimate of drug-likeness (QED) is 0.685. The van der Waals surface area contributed by atoms with E-state index in [0.717, 1.165) is 31.8 Å². The molecule has 2 aliphatic heterocycles. The number of morpholine rings is 1. The number of amides is 1. The maximum Gasteiger partial charge on any atom is 0.253 e. The van der Waals surface area contributed by atoms with Crippen LogP contribution in [-0.2, 0) is 9.53 Å². The van der Waals surface area contributed by atoms with Crippen molar-refractivity contribution in [2.45, 2.75) is 12.5 Å². The van der Waals surface area contributed by atoms with Crippen molar-refractivity contribution in [2.24, 2.45) is 0 Å². The summed E-state index contributed by atoms with van der Waals surface area (Å²) in [6, 6.07) is 0. The average molecular weight is 230 g/mol. The molecule has 0 bridgehead atoms. The fourth-order valence-electron chi connectivity index (χ4n) is 1.89. The van der Waals surface area contributed by atoms with Crippen LogP contribution >= 0.6 is 11.8 Å². The molecule has 1 atom stereocenters. The molecule has 0 saturated carbocycles. The third kappa shape index (κ3) is 3.09. The molecule has 0 spiro atoms. The van der Waals surface area contributed by atoms with Crippen molar-refractivity contribution in [1.82, 2.24) is 10.2 Å². The van der Waals surface area contributed by atoms with E-state index in [2.05, 4.69) is 5.32 Å². The molecule has 0 aliphatic carbocycles. The third-order valence-electron chi connectivity index (χ3n) is 2.74. The van der Waals surface area contributed by atoms with Crippen LogP contribution < -0.4 is 5.32 Å². The number of rotatable bonds is 1. The number of hydrogen-bond acceptors (Lipinski definition) is 4.